The highest BCUT2D eigenvalue weighted by Gasteiger charge is 2.34. The maximum absolute atomic E-state index is 13.0. The van der Waals surface area contributed by atoms with Crippen LogP contribution in [0.4, 0.5) is 4.39 Å². The second kappa shape index (κ2) is 17.1. The number of carbonyl (C=O) groups is 4. The van der Waals surface area contributed by atoms with Crippen LogP contribution in [0.25, 0.3) is 0 Å². The van der Waals surface area contributed by atoms with Crippen molar-refractivity contribution in [1.29, 1.82) is 0 Å². The second-order valence-corrected chi connectivity index (χ2v) is 10.5. The number of carboxylic acid groups (broad SMARTS) is 3. The Morgan fingerprint density at radius 2 is 1.76 bits per heavy atom. The van der Waals surface area contributed by atoms with Crippen molar-refractivity contribution in [3.8, 4) is 0 Å². The molecule has 0 saturated heterocycles. The summed E-state index contributed by atoms with van der Waals surface area (Å²) < 4.78 is 23.3. The predicted octanol–water partition coefficient (Wildman–Crippen LogP) is 2.61. The fourth-order valence-corrected chi connectivity index (χ4v) is 4.61. The van der Waals surface area contributed by atoms with Gasteiger partial charge in [-0.15, -0.1) is 11.3 Å². The normalized spacial score (nSPS) is 11.8. The number of aliphatic carboxylic acids is 3. The monoisotopic (exact) mass is 606 g/mol. The summed E-state index contributed by atoms with van der Waals surface area (Å²) in [5.74, 6) is -5.62. The smallest absolute Gasteiger partial charge is 0.306 e. The Kier molecular flexibility index (Phi) is 14.0. The number of aromatic nitrogens is 2. The van der Waals surface area contributed by atoms with E-state index in [4.69, 9.17) is 20.1 Å². The largest absolute Gasteiger partial charge is 0.547 e. The van der Waals surface area contributed by atoms with E-state index in [-0.39, 0.29) is 17.7 Å². The fraction of sp³-hybridized carbons (Fsp3) is 0.414. The lowest BCUT2D eigenvalue weighted by Gasteiger charge is -2.25. The number of thiophene rings is 1. The van der Waals surface area contributed by atoms with Gasteiger partial charge in [0.05, 0.1) is 25.4 Å². The molecule has 2 heterocycles. The van der Waals surface area contributed by atoms with Crippen LogP contribution in [0.15, 0.2) is 60.5 Å². The number of aryl methyl sites for hydroxylation is 1. The van der Waals surface area contributed by atoms with Gasteiger partial charge in [-0.3, -0.25) is 14.4 Å². The van der Waals surface area contributed by atoms with Gasteiger partial charge >= 0.3 is 11.9 Å². The van der Waals surface area contributed by atoms with Gasteiger partial charge in [-0.05, 0) is 48.6 Å². The maximum Gasteiger partial charge on any atom is 0.306 e. The zero-order valence-corrected chi connectivity index (χ0v) is 24.0. The lowest BCUT2D eigenvalue weighted by Crippen LogP contribution is -2.51. The van der Waals surface area contributed by atoms with Crippen LogP contribution in [0.1, 0.15) is 66.8 Å². The number of carboxylic acids is 3. The van der Waals surface area contributed by atoms with E-state index in [1.54, 1.807) is 23.5 Å². The number of hydrogen-bond donors (Lipinski definition) is 3. The molecule has 3 N–H and O–H groups in total. The van der Waals surface area contributed by atoms with Crippen molar-refractivity contribution < 1.29 is 53.3 Å². The Balaban J connectivity index is 0.000000401. The van der Waals surface area contributed by atoms with Gasteiger partial charge in [0, 0.05) is 23.5 Å². The van der Waals surface area contributed by atoms with Gasteiger partial charge in [-0.25, -0.2) is 13.5 Å². The van der Waals surface area contributed by atoms with Gasteiger partial charge in [-0.2, -0.15) is 0 Å². The number of ether oxygens (including phenoxy) is 1. The summed E-state index contributed by atoms with van der Waals surface area (Å²) in [5, 5.41) is 37.6. The first-order valence-electron chi connectivity index (χ1n) is 13.3. The Hall–Kier alpha value is -3.94. The van der Waals surface area contributed by atoms with Crippen LogP contribution in [0.2, 0.25) is 0 Å². The zero-order chi connectivity index (χ0) is 31.1. The van der Waals surface area contributed by atoms with Gasteiger partial charge in [-0.1, -0.05) is 19.4 Å². The Labute approximate surface area is 246 Å². The highest BCUT2D eigenvalue weighted by Crippen LogP contribution is 2.23. The molecule has 0 saturated carbocycles. The molecule has 228 valence electrons. The van der Waals surface area contributed by atoms with E-state index in [1.165, 1.54) is 17.0 Å². The van der Waals surface area contributed by atoms with Crippen LogP contribution in [0, 0.1) is 5.82 Å². The third-order valence-corrected chi connectivity index (χ3v) is 7.02. The second-order valence-electron chi connectivity index (χ2n) is 9.57. The van der Waals surface area contributed by atoms with Crippen molar-refractivity contribution in [2.24, 2.45) is 0 Å². The molecule has 0 bridgehead atoms. The molecule has 1 atom stereocenters. The lowest BCUT2D eigenvalue weighted by atomic mass is 9.96. The van der Waals surface area contributed by atoms with Crippen LogP contribution < -0.4 is 9.67 Å². The number of carbonyl (C=O) groups excluding carboxylic acids is 2. The zero-order valence-electron chi connectivity index (χ0n) is 23.2. The number of aliphatic hydroxyl groups is 1. The summed E-state index contributed by atoms with van der Waals surface area (Å²) in [6, 6.07) is 9.93. The van der Waals surface area contributed by atoms with E-state index < -0.39 is 36.4 Å². The molecule has 3 rings (SSSR count). The summed E-state index contributed by atoms with van der Waals surface area (Å²) >= 11 is 1.72. The standard InChI is InChI=1S/C23H28FN2O2S.C6H8O7/c1-2-3-15-28-22(23-7-5-16-29-23)17-26-14-13-25(18-26)12-4-6-21(27)19-8-10-20(24)11-9-19;7-3(8)1-6(13,5(11)12)2-4(9)10/h5,7-11,13-14,16,18,22H,2-4,6,12,15,17H2,1H3;13H,1-2H2,(H,7,8)(H,9,10)(H,11,12)/q+1;/p-1. The van der Waals surface area contributed by atoms with Gasteiger partial charge in [0.1, 0.15) is 36.5 Å². The molecule has 0 fully saturated rings. The maximum atomic E-state index is 13.0. The van der Waals surface area contributed by atoms with E-state index >= 15 is 0 Å². The molecule has 0 spiro atoms. The van der Waals surface area contributed by atoms with E-state index in [0.29, 0.717) is 12.0 Å². The van der Waals surface area contributed by atoms with Crippen molar-refractivity contribution in [3.05, 3.63) is 76.8 Å². The lowest BCUT2D eigenvalue weighted by molar-refractivity contribution is -0.704. The minimum Gasteiger partial charge on any atom is -0.547 e. The number of benzene rings is 1. The Morgan fingerprint density at radius 1 is 1.10 bits per heavy atom. The minimum absolute atomic E-state index is 0.0483. The number of hydrogen-bond acceptors (Lipinski definition) is 8. The molecular weight excluding hydrogens is 571 g/mol. The van der Waals surface area contributed by atoms with E-state index in [9.17, 15) is 28.7 Å². The number of unbranched alkanes of at least 4 members (excludes halogenated alkanes) is 1. The van der Waals surface area contributed by atoms with Crippen LogP contribution in [0.5, 0.6) is 0 Å². The van der Waals surface area contributed by atoms with Crippen molar-refractivity contribution >= 4 is 35.0 Å². The molecule has 13 heteroatoms. The predicted molar refractivity (Wildman–Crippen MR) is 147 cm³/mol. The van der Waals surface area contributed by atoms with Gasteiger partial charge in [0.15, 0.2) is 5.78 Å². The summed E-state index contributed by atoms with van der Waals surface area (Å²) in [6.45, 7) is 4.47. The fourth-order valence-electron chi connectivity index (χ4n) is 3.85. The highest BCUT2D eigenvalue weighted by molar-refractivity contribution is 7.10. The van der Waals surface area contributed by atoms with Crippen molar-refractivity contribution in [2.45, 2.75) is 70.2 Å². The molecule has 1 unspecified atom stereocenters. The molecule has 0 radical (unpaired) electrons. The molecule has 0 aliphatic rings. The number of Topliss-reactive ketones (excluding diaryl/α,β-unsaturated/α-hetero) is 1. The number of halogens is 1. The van der Waals surface area contributed by atoms with E-state index in [1.807, 2.05) is 12.4 Å². The number of imidazole rings is 1. The third kappa shape index (κ3) is 11.9. The topological polar surface area (TPSA) is 170 Å². The first-order valence-corrected chi connectivity index (χ1v) is 14.2. The molecular formula is C29H35FN2O9S. The number of rotatable bonds is 17. The van der Waals surface area contributed by atoms with Crippen LogP contribution in [-0.2, 0) is 32.2 Å². The minimum atomic E-state index is -2.85. The van der Waals surface area contributed by atoms with Gasteiger partial charge in [0.2, 0.25) is 6.33 Å². The average Bonchev–Trinajstić information content (AvgIpc) is 3.60. The molecule has 0 amide bonds. The number of ketones is 1. The average molecular weight is 607 g/mol. The molecule has 0 aliphatic heterocycles. The Morgan fingerprint density at radius 3 is 2.31 bits per heavy atom. The first-order chi connectivity index (χ1) is 19.9. The van der Waals surface area contributed by atoms with Crippen molar-refractivity contribution in [3.63, 3.8) is 0 Å². The molecule has 2 aromatic heterocycles. The SMILES string of the molecule is CCCCOC(C[n+]1ccn(CCCC(=O)c2ccc(F)cc2)c1)c1cccs1.O=C(O)CC(O)(CC(=O)O)C(=O)[O-]. The summed E-state index contributed by atoms with van der Waals surface area (Å²) in [4.78, 5) is 43.8. The molecule has 0 aliphatic carbocycles. The van der Waals surface area contributed by atoms with E-state index in [0.717, 1.165) is 39.0 Å². The Bertz CT molecular complexity index is 1280. The van der Waals surface area contributed by atoms with Crippen LogP contribution in [-0.4, -0.2) is 55.8 Å². The molecule has 42 heavy (non-hydrogen) atoms. The summed E-state index contributed by atoms with van der Waals surface area (Å²) in [6.07, 6.45) is 7.16. The number of nitrogens with zero attached hydrogens (tertiary/aromatic N) is 2. The van der Waals surface area contributed by atoms with Crippen LogP contribution >= 0.6 is 11.3 Å². The molecule has 11 nitrogen and oxygen atoms in total. The first kappa shape index (κ1) is 34.3. The summed E-state index contributed by atoms with van der Waals surface area (Å²) in [5.41, 5.74) is -2.28. The van der Waals surface area contributed by atoms with Crippen LogP contribution in [0.3, 0.4) is 0 Å². The van der Waals surface area contributed by atoms with Crippen molar-refractivity contribution in [2.75, 3.05) is 6.61 Å². The van der Waals surface area contributed by atoms with Gasteiger partial charge in [0.25, 0.3) is 0 Å². The summed E-state index contributed by atoms with van der Waals surface area (Å²) in [7, 11) is 0. The quantitative estimate of drug-likeness (QED) is 0.119. The van der Waals surface area contributed by atoms with E-state index in [2.05, 4.69) is 39.9 Å². The third-order valence-electron chi connectivity index (χ3n) is 6.05. The van der Waals surface area contributed by atoms with Crippen molar-refractivity contribution in [1.82, 2.24) is 4.57 Å². The molecule has 3 aromatic rings. The van der Waals surface area contributed by atoms with Gasteiger partial charge < -0.3 is 30.0 Å². The highest BCUT2D eigenvalue weighted by atomic mass is 32.1. The molecule has 1 aromatic carbocycles.